The highest BCUT2D eigenvalue weighted by atomic mass is 32.1. The van der Waals surface area contributed by atoms with Crippen molar-refractivity contribution < 1.29 is 4.79 Å². The normalized spacial score (nSPS) is 10.4. The van der Waals surface area contributed by atoms with E-state index in [1.165, 1.54) is 11.3 Å². The smallest absolute Gasteiger partial charge is 0.263 e. The second kappa shape index (κ2) is 6.45. The molecule has 0 spiro atoms. The van der Waals surface area contributed by atoms with Crippen molar-refractivity contribution >= 4 is 27.9 Å². The van der Waals surface area contributed by atoms with Crippen LogP contribution in [-0.2, 0) is 13.6 Å². The van der Waals surface area contributed by atoms with Gasteiger partial charge >= 0.3 is 0 Å². The average molecular weight is 305 g/mol. The Balaban J connectivity index is 2.03. The van der Waals surface area contributed by atoms with E-state index in [0.717, 1.165) is 16.3 Å². The Morgan fingerprint density at radius 3 is 3.00 bits per heavy atom. The first-order valence-corrected chi connectivity index (χ1v) is 7.34. The van der Waals surface area contributed by atoms with Crippen LogP contribution >= 0.6 is 11.3 Å². The van der Waals surface area contributed by atoms with Gasteiger partial charge in [0.15, 0.2) is 0 Å². The fourth-order valence-corrected chi connectivity index (χ4v) is 2.71. The number of thiophene rings is 1. The second-order valence-electron chi connectivity index (χ2n) is 4.63. The molecule has 1 amide bonds. The average Bonchev–Trinajstić information content (AvgIpc) is 2.98. The molecule has 0 aliphatic heterocycles. The molecule has 2 heterocycles. The van der Waals surface area contributed by atoms with Gasteiger partial charge in [0.05, 0.1) is 16.9 Å². The van der Waals surface area contributed by atoms with Crippen LogP contribution in [0.1, 0.15) is 20.9 Å². The summed E-state index contributed by atoms with van der Waals surface area (Å²) < 4.78 is 1.83. The van der Waals surface area contributed by atoms with Gasteiger partial charge in [-0.25, -0.2) is 0 Å². The minimum Gasteiger partial charge on any atom is -0.397 e. The van der Waals surface area contributed by atoms with E-state index in [0.29, 0.717) is 23.7 Å². The van der Waals surface area contributed by atoms with Gasteiger partial charge < -0.3 is 16.4 Å². The molecule has 6 nitrogen and oxygen atoms in total. The zero-order valence-corrected chi connectivity index (χ0v) is 13.0. The highest BCUT2D eigenvalue weighted by Crippen LogP contribution is 2.29. The number of amides is 1. The lowest BCUT2D eigenvalue weighted by molar-refractivity contribution is 0.0963. The predicted molar refractivity (Wildman–Crippen MR) is 86.5 cm³/mol. The van der Waals surface area contributed by atoms with Crippen molar-refractivity contribution in [3.05, 3.63) is 41.1 Å². The molecule has 2 aromatic heterocycles. The van der Waals surface area contributed by atoms with Gasteiger partial charge in [0.2, 0.25) is 0 Å². The highest BCUT2D eigenvalue weighted by molar-refractivity contribution is 7.18. The van der Waals surface area contributed by atoms with E-state index >= 15 is 0 Å². The lowest BCUT2D eigenvalue weighted by Gasteiger charge is -2.03. The van der Waals surface area contributed by atoms with Crippen molar-refractivity contribution in [3.8, 4) is 0 Å². The van der Waals surface area contributed by atoms with Crippen LogP contribution in [0, 0.1) is 6.92 Å². The minimum absolute atomic E-state index is 0.178. The third kappa shape index (κ3) is 3.43. The zero-order valence-electron chi connectivity index (χ0n) is 12.1. The van der Waals surface area contributed by atoms with Gasteiger partial charge in [0.25, 0.3) is 5.91 Å². The molecule has 0 bridgehead atoms. The van der Waals surface area contributed by atoms with Crippen molar-refractivity contribution in [2.45, 2.75) is 13.5 Å². The maximum absolute atomic E-state index is 11.9. The molecule has 0 fully saturated rings. The van der Waals surface area contributed by atoms with Crippen LogP contribution in [0.2, 0.25) is 0 Å². The number of carbonyl (C=O) groups excluding carboxylic acids is 1. The van der Waals surface area contributed by atoms with Crippen LogP contribution < -0.4 is 16.4 Å². The molecular formula is C14H19N5OS. The van der Waals surface area contributed by atoms with Crippen LogP contribution in [0.15, 0.2) is 24.9 Å². The molecular weight excluding hydrogens is 286 g/mol. The van der Waals surface area contributed by atoms with Gasteiger partial charge in [0, 0.05) is 31.4 Å². The number of nitrogens with two attached hydrogens (primary N) is 1. The van der Waals surface area contributed by atoms with Crippen LogP contribution in [0.4, 0.5) is 10.7 Å². The summed E-state index contributed by atoms with van der Waals surface area (Å²) in [7, 11) is 1.91. The molecule has 7 heteroatoms. The maximum atomic E-state index is 11.9. The van der Waals surface area contributed by atoms with Gasteiger partial charge in [0.1, 0.15) is 4.88 Å². The fourth-order valence-electron chi connectivity index (χ4n) is 1.81. The molecule has 4 N–H and O–H groups in total. The van der Waals surface area contributed by atoms with Crippen LogP contribution in [0.3, 0.4) is 0 Å². The number of aryl methyl sites for hydroxylation is 1. The Labute approximate surface area is 127 Å². The molecule has 0 unspecified atom stereocenters. The zero-order chi connectivity index (χ0) is 15.4. The van der Waals surface area contributed by atoms with E-state index < -0.39 is 0 Å². The quantitative estimate of drug-likeness (QED) is 0.712. The molecule has 0 aliphatic rings. The molecule has 0 aromatic carbocycles. The van der Waals surface area contributed by atoms with Crippen molar-refractivity contribution in [1.82, 2.24) is 15.1 Å². The summed E-state index contributed by atoms with van der Waals surface area (Å²) in [6, 6.07) is 1.78. The van der Waals surface area contributed by atoms with Gasteiger partial charge in [-0.15, -0.1) is 17.9 Å². The molecule has 112 valence electrons. The molecule has 2 aromatic rings. The summed E-state index contributed by atoms with van der Waals surface area (Å²) in [5.74, 6) is -0.178. The summed E-state index contributed by atoms with van der Waals surface area (Å²) in [6.07, 6.45) is 3.46. The van der Waals surface area contributed by atoms with E-state index in [1.807, 2.05) is 24.9 Å². The molecule has 2 rings (SSSR count). The van der Waals surface area contributed by atoms with Gasteiger partial charge in [-0.1, -0.05) is 6.08 Å². The number of hydrogen-bond acceptors (Lipinski definition) is 5. The lowest BCUT2D eigenvalue weighted by Crippen LogP contribution is -2.22. The Hall–Kier alpha value is -2.28. The van der Waals surface area contributed by atoms with Gasteiger partial charge in [-0.05, 0) is 13.0 Å². The Kier molecular flexibility index (Phi) is 4.64. The number of anilines is 2. The van der Waals surface area contributed by atoms with Crippen LogP contribution in [0.5, 0.6) is 0 Å². The van der Waals surface area contributed by atoms with Crippen molar-refractivity contribution in [2.24, 2.45) is 7.05 Å². The fraction of sp³-hybridized carbons (Fsp3) is 0.286. The summed E-state index contributed by atoms with van der Waals surface area (Å²) in [5.41, 5.74) is 8.58. The SMILES string of the molecule is C=CCNC(=O)c1sc(NCc2cnn(C)c2C)cc1N. The Bertz CT molecular complexity index is 658. The Morgan fingerprint density at radius 2 is 2.38 bits per heavy atom. The number of carbonyl (C=O) groups is 1. The summed E-state index contributed by atoms with van der Waals surface area (Å²) in [5, 5.41) is 11.0. The number of rotatable bonds is 6. The van der Waals surface area contributed by atoms with E-state index in [4.69, 9.17) is 5.73 Å². The van der Waals surface area contributed by atoms with Crippen molar-refractivity contribution in [1.29, 1.82) is 0 Å². The highest BCUT2D eigenvalue weighted by Gasteiger charge is 2.14. The van der Waals surface area contributed by atoms with E-state index in [1.54, 1.807) is 12.1 Å². The third-order valence-corrected chi connectivity index (χ3v) is 4.27. The number of aromatic nitrogens is 2. The first-order valence-electron chi connectivity index (χ1n) is 6.52. The van der Waals surface area contributed by atoms with E-state index in [-0.39, 0.29) is 5.91 Å². The van der Waals surface area contributed by atoms with E-state index in [2.05, 4.69) is 22.3 Å². The van der Waals surface area contributed by atoms with Crippen molar-refractivity contribution in [3.63, 3.8) is 0 Å². The summed E-state index contributed by atoms with van der Waals surface area (Å²) >= 11 is 1.34. The van der Waals surface area contributed by atoms with Gasteiger partial charge in [-0.3, -0.25) is 9.48 Å². The topological polar surface area (TPSA) is 85.0 Å². The van der Waals surface area contributed by atoms with Crippen LogP contribution in [0.25, 0.3) is 0 Å². The number of nitrogens with one attached hydrogen (secondary N) is 2. The molecule has 0 saturated carbocycles. The summed E-state index contributed by atoms with van der Waals surface area (Å²) in [4.78, 5) is 12.4. The first-order chi connectivity index (χ1) is 10.0. The standard InChI is InChI=1S/C14H19N5OS/c1-4-5-16-14(20)13-11(15)6-12(21-13)17-7-10-8-18-19(3)9(10)2/h4,6,8,17H,1,5,7,15H2,2-3H3,(H,16,20). The number of hydrogen-bond donors (Lipinski definition) is 3. The Morgan fingerprint density at radius 1 is 1.62 bits per heavy atom. The predicted octanol–water partition coefficient (Wildman–Crippen LogP) is 1.90. The number of nitrogen functional groups attached to an aromatic ring is 1. The van der Waals surface area contributed by atoms with Crippen LogP contribution in [-0.4, -0.2) is 22.2 Å². The molecule has 21 heavy (non-hydrogen) atoms. The van der Waals surface area contributed by atoms with Crippen molar-refractivity contribution in [2.75, 3.05) is 17.6 Å². The monoisotopic (exact) mass is 305 g/mol. The first kappa shape index (κ1) is 15.1. The molecule has 0 aliphatic carbocycles. The minimum atomic E-state index is -0.178. The summed E-state index contributed by atoms with van der Waals surface area (Å²) in [6.45, 7) is 6.65. The molecule has 0 atom stereocenters. The lowest BCUT2D eigenvalue weighted by atomic mass is 10.2. The second-order valence-corrected chi connectivity index (χ2v) is 5.68. The maximum Gasteiger partial charge on any atom is 0.263 e. The third-order valence-electron chi connectivity index (χ3n) is 3.16. The van der Waals surface area contributed by atoms with E-state index in [9.17, 15) is 4.79 Å². The number of nitrogens with zero attached hydrogens (tertiary/aromatic N) is 2. The van der Waals surface area contributed by atoms with Gasteiger partial charge in [-0.2, -0.15) is 5.10 Å². The largest absolute Gasteiger partial charge is 0.397 e. The molecule has 0 radical (unpaired) electrons. The molecule has 0 saturated heterocycles.